The number of nitrogens with zero attached hydrogens (tertiary/aromatic N) is 1. The molecule has 6 heteroatoms. The Morgan fingerprint density at radius 3 is 2.85 bits per heavy atom. The molecule has 3 aliphatic rings. The Kier molecular flexibility index (Phi) is 3.30. The van der Waals surface area contributed by atoms with Gasteiger partial charge in [-0.25, -0.2) is 0 Å². The Morgan fingerprint density at radius 1 is 1.23 bits per heavy atom. The van der Waals surface area contributed by atoms with Gasteiger partial charge in [-0.15, -0.1) is 0 Å². The van der Waals surface area contributed by atoms with E-state index in [2.05, 4.69) is 5.32 Å². The first-order valence-corrected chi connectivity index (χ1v) is 8.71. The van der Waals surface area contributed by atoms with Gasteiger partial charge in [0.1, 0.15) is 11.4 Å². The fourth-order valence-corrected chi connectivity index (χ4v) is 4.35. The van der Waals surface area contributed by atoms with Crippen LogP contribution in [0.5, 0.6) is 0 Å². The SMILES string of the molecule is O=C(Nc1ccccc1)[C@@H]1[C@H]2C=C[C@]3(CN(Cc4ccco4)C(=O)[C@@H]13)O2. The van der Waals surface area contributed by atoms with Gasteiger partial charge in [-0.05, 0) is 24.3 Å². The number of nitrogens with one attached hydrogen (secondary N) is 1. The van der Waals surface area contributed by atoms with Gasteiger partial charge >= 0.3 is 0 Å². The molecule has 5 rings (SSSR count). The van der Waals surface area contributed by atoms with Crippen molar-refractivity contribution >= 4 is 17.5 Å². The lowest BCUT2D eigenvalue weighted by atomic mass is 9.77. The summed E-state index contributed by atoms with van der Waals surface area (Å²) in [5.41, 5.74) is 0.0173. The Labute approximate surface area is 150 Å². The number of likely N-dealkylation sites (tertiary alicyclic amines) is 1. The molecular formula is C20H18N2O4. The van der Waals surface area contributed by atoms with Gasteiger partial charge in [0, 0.05) is 5.69 Å². The molecule has 26 heavy (non-hydrogen) atoms. The highest BCUT2D eigenvalue weighted by Gasteiger charge is 2.66. The van der Waals surface area contributed by atoms with E-state index in [1.165, 1.54) is 0 Å². The van der Waals surface area contributed by atoms with Gasteiger partial charge in [0.05, 0.1) is 37.3 Å². The average Bonchev–Trinajstić information content (AvgIpc) is 3.39. The summed E-state index contributed by atoms with van der Waals surface area (Å²) in [6, 6.07) is 12.9. The third kappa shape index (κ3) is 2.22. The molecule has 2 fully saturated rings. The maximum atomic E-state index is 13.1. The highest BCUT2D eigenvalue weighted by atomic mass is 16.5. The minimum absolute atomic E-state index is 0.0542. The van der Waals surface area contributed by atoms with Crippen LogP contribution in [0.25, 0.3) is 0 Å². The summed E-state index contributed by atoms with van der Waals surface area (Å²) in [5.74, 6) is -0.517. The lowest BCUT2D eigenvalue weighted by molar-refractivity contribution is -0.136. The first-order valence-electron chi connectivity index (χ1n) is 8.71. The molecule has 1 aromatic carbocycles. The third-order valence-electron chi connectivity index (χ3n) is 5.45. The molecule has 2 saturated heterocycles. The number of carbonyl (C=O) groups is 2. The first kappa shape index (κ1) is 15.4. The Morgan fingerprint density at radius 2 is 2.08 bits per heavy atom. The Hall–Kier alpha value is -2.86. The number of rotatable bonds is 4. The summed E-state index contributed by atoms with van der Waals surface area (Å²) in [5, 5.41) is 2.92. The second-order valence-electron chi connectivity index (χ2n) is 7.03. The number of fused-ring (bicyclic) bond motifs is 1. The summed E-state index contributed by atoms with van der Waals surface area (Å²) < 4.78 is 11.5. The first-order chi connectivity index (χ1) is 12.7. The summed E-state index contributed by atoms with van der Waals surface area (Å²) in [6.07, 6.45) is 5.11. The summed E-state index contributed by atoms with van der Waals surface area (Å²) in [4.78, 5) is 27.7. The standard InChI is InChI=1S/C20H18N2O4/c23-18(21-13-5-2-1-3-6-13)16-15-8-9-20(26-15)12-22(19(24)17(16)20)11-14-7-4-10-25-14/h1-10,15-17H,11-12H2,(H,21,23)/t15-,16-,17-,20-/m1/s1. The number of hydrogen-bond acceptors (Lipinski definition) is 4. The summed E-state index contributed by atoms with van der Waals surface area (Å²) in [7, 11) is 0. The number of amides is 2. The van der Waals surface area contributed by atoms with Crippen molar-refractivity contribution in [2.75, 3.05) is 11.9 Å². The maximum Gasteiger partial charge on any atom is 0.231 e. The minimum atomic E-state index is -0.701. The molecule has 4 heterocycles. The fourth-order valence-electron chi connectivity index (χ4n) is 4.35. The van der Waals surface area contributed by atoms with E-state index >= 15 is 0 Å². The molecule has 0 aliphatic carbocycles. The molecule has 2 aromatic rings. The van der Waals surface area contributed by atoms with Crippen LogP contribution in [0.1, 0.15) is 5.76 Å². The maximum absolute atomic E-state index is 13.1. The van der Waals surface area contributed by atoms with Crippen LogP contribution in [0.3, 0.4) is 0 Å². The third-order valence-corrected chi connectivity index (χ3v) is 5.45. The van der Waals surface area contributed by atoms with E-state index < -0.39 is 17.4 Å². The molecule has 3 aliphatic heterocycles. The zero-order valence-corrected chi connectivity index (χ0v) is 14.0. The van der Waals surface area contributed by atoms with Crippen molar-refractivity contribution in [2.45, 2.75) is 18.2 Å². The van der Waals surface area contributed by atoms with Crippen molar-refractivity contribution < 1.29 is 18.7 Å². The van der Waals surface area contributed by atoms with Crippen LogP contribution < -0.4 is 5.32 Å². The van der Waals surface area contributed by atoms with Gasteiger partial charge in [0.15, 0.2) is 0 Å². The van der Waals surface area contributed by atoms with Crippen LogP contribution in [-0.4, -0.2) is 35.0 Å². The van der Waals surface area contributed by atoms with Crippen molar-refractivity contribution in [1.29, 1.82) is 0 Å². The molecule has 0 saturated carbocycles. The molecule has 2 amide bonds. The Bertz CT molecular complexity index is 876. The van der Waals surface area contributed by atoms with Gasteiger partial charge < -0.3 is 19.4 Å². The van der Waals surface area contributed by atoms with E-state index in [-0.39, 0.29) is 17.9 Å². The monoisotopic (exact) mass is 350 g/mol. The van der Waals surface area contributed by atoms with E-state index in [4.69, 9.17) is 9.15 Å². The normalized spacial score (nSPS) is 31.5. The van der Waals surface area contributed by atoms with Crippen LogP contribution in [0.2, 0.25) is 0 Å². The second-order valence-corrected chi connectivity index (χ2v) is 7.03. The molecule has 0 unspecified atom stereocenters. The van der Waals surface area contributed by atoms with Crippen molar-refractivity contribution in [3.05, 3.63) is 66.6 Å². The highest BCUT2D eigenvalue weighted by Crippen LogP contribution is 2.52. The highest BCUT2D eigenvalue weighted by molar-refractivity contribution is 5.99. The van der Waals surface area contributed by atoms with Crippen LogP contribution in [0.15, 0.2) is 65.3 Å². The van der Waals surface area contributed by atoms with Crippen molar-refractivity contribution in [3.8, 4) is 0 Å². The molecule has 1 aromatic heterocycles. The number of hydrogen-bond donors (Lipinski definition) is 1. The number of para-hydroxylation sites is 1. The molecule has 2 bridgehead atoms. The number of anilines is 1. The number of ether oxygens (including phenoxy) is 1. The van der Waals surface area contributed by atoms with Crippen molar-refractivity contribution in [2.24, 2.45) is 11.8 Å². The van der Waals surface area contributed by atoms with Crippen LogP contribution in [0, 0.1) is 11.8 Å². The van der Waals surface area contributed by atoms with Crippen LogP contribution in [0.4, 0.5) is 5.69 Å². The smallest absolute Gasteiger partial charge is 0.231 e. The fraction of sp³-hybridized carbons (Fsp3) is 0.300. The van der Waals surface area contributed by atoms with Crippen molar-refractivity contribution in [3.63, 3.8) is 0 Å². The molecule has 1 spiro atoms. The second kappa shape index (κ2) is 5.57. The van der Waals surface area contributed by atoms with E-state index in [1.807, 2.05) is 48.6 Å². The van der Waals surface area contributed by atoms with E-state index in [0.717, 1.165) is 11.4 Å². The lowest BCUT2D eigenvalue weighted by Gasteiger charge is -2.23. The zero-order valence-electron chi connectivity index (χ0n) is 14.0. The predicted octanol–water partition coefficient (Wildman–Crippen LogP) is 2.20. The topological polar surface area (TPSA) is 71.8 Å². The average molecular weight is 350 g/mol. The number of furan rings is 1. The van der Waals surface area contributed by atoms with Gasteiger partial charge in [-0.2, -0.15) is 0 Å². The molecule has 0 radical (unpaired) electrons. The molecule has 1 N–H and O–H groups in total. The molecule has 132 valence electrons. The molecule has 4 atom stereocenters. The van der Waals surface area contributed by atoms with Crippen molar-refractivity contribution in [1.82, 2.24) is 4.90 Å². The summed E-state index contributed by atoms with van der Waals surface area (Å²) >= 11 is 0. The van der Waals surface area contributed by atoms with E-state index in [9.17, 15) is 9.59 Å². The van der Waals surface area contributed by atoms with E-state index in [1.54, 1.807) is 17.2 Å². The van der Waals surface area contributed by atoms with Gasteiger partial charge in [0.2, 0.25) is 11.8 Å². The van der Waals surface area contributed by atoms with E-state index in [0.29, 0.717) is 13.1 Å². The molecular weight excluding hydrogens is 332 g/mol. The number of carbonyl (C=O) groups excluding carboxylic acids is 2. The van der Waals surface area contributed by atoms with Crippen LogP contribution >= 0.6 is 0 Å². The largest absolute Gasteiger partial charge is 0.467 e. The lowest BCUT2D eigenvalue weighted by Crippen LogP contribution is -2.41. The summed E-state index contributed by atoms with van der Waals surface area (Å²) in [6.45, 7) is 0.832. The minimum Gasteiger partial charge on any atom is -0.467 e. The Balaban J connectivity index is 1.40. The van der Waals surface area contributed by atoms with Gasteiger partial charge in [-0.3, -0.25) is 9.59 Å². The predicted molar refractivity (Wildman–Crippen MR) is 92.9 cm³/mol. The van der Waals surface area contributed by atoms with Crippen LogP contribution in [-0.2, 0) is 20.9 Å². The van der Waals surface area contributed by atoms with Gasteiger partial charge in [0.25, 0.3) is 0 Å². The quantitative estimate of drug-likeness (QED) is 0.858. The molecule has 6 nitrogen and oxygen atoms in total. The van der Waals surface area contributed by atoms with Gasteiger partial charge in [-0.1, -0.05) is 30.4 Å². The zero-order chi connectivity index (χ0) is 17.7. The number of benzene rings is 1.